The van der Waals surface area contributed by atoms with Crippen molar-refractivity contribution in [2.45, 2.75) is 6.92 Å². The second kappa shape index (κ2) is 7.87. The number of anilines is 1. The summed E-state index contributed by atoms with van der Waals surface area (Å²) in [5.41, 5.74) is 2.21. The standard InChI is InChI=1S/C17H13BrClN3O2S2/c1-8-5-14-12(7-11(8)19)20-17(26-14)22-16(25)21-15(23)9-3-4-13(24-2)10(18)6-9/h3-7H,1-2H3,(H2,20,21,22,23,25). The number of fused-ring (bicyclic) bond motifs is 1. The quantitative estimate of drug-likeness (QED) is 0.518. The summed E-state index contributed by atoms with van der Waals surface area (Å²) in [5, 5.41) is 6.99. The predicted octanol–water partition coefficient (Wildman–Crippen LogP) is 5.16. The molecule has 0 aliphatic rings. The van der Waals surface area contributed by atoms with E-state index in [-0.39, 0.29) is 11.0 Å². The minimum atomic E-state index is -0.328. The van der Waals surface area contributed by atoms with Crippen LogP contribution in [0.5, 0.6) is 5.75 Å². The number of amides is 1. The van der Waals surface area contributed by atoms with E-state index in [1.165, 1.54) is 11.3 Å². The number of halogens is 2. The predicted molar refractivity (Wildman–Crippen MR) is 114 cm³/mol. The van der Waals surface area contributed by atoms with Crippen molar-refractivity contribution in [1.82, 2.24) is 10.3 Å². The Balaban J connectivity index is 1.70. The molecular weight excluding hydrogens is 458 g/mol. The molecule has 134 valence electrons. The second-order valence-corrected chi connectivity index (χ2v) is 8.05. The number of benzene rings is 2. The van der Waals surface area contributed by atoms with Gasteiger partial charge in [0.2, 0.25) is 0 Å². The fourth-order valence-electron chi connectivity index (χ4n) is 2.21. The zero-order valence-electron chi connectivity index (χ0n) is 13.7. The van der Waals surface area contributed by atoms with E-state index in [4.69, 9.17) is 28.6 Å². The topological polar surface area (TPSA) is 63.2 Å². The van der Waals surface area contributed by atoms with Crippen LogP contribution in [0.2, 0.25) is 5.02 Å². The third-order valence-corrected chi connectivity index (χ3v) is 5.69. The van der Waals surface area contributed by atoms with E-state index >= 15 is 0 Å². The number of nitrogens with one attached hydrogen (secondary N) is 2. The summed E-state index contributed by atoms with van der Waals surface area (Å²) < 4.78 is 6.83. The number of rotatable bonds is 3. The van der Waals surface area contributed by atoms with Gasteiger partial charge in [-0.2, -0.15) is 0 Å². The van der Waals surface area contributed by atoms with Crippen molar-refractivity contribution < 1.29 is 9.53 Å². The van der Waals surface area contributed by atoms with Crippen LogP contribution in [0.4, 0.5) is 5.13 Å². The molecule has 26 heavy (non-hydrogen) atoms. The third-order valence-electron chi connectivity index (χ3n) is 3.53. The Hall–Kier alpha value is -1.74. The highest BCUT2D eigenvalue weighted by Gasteiger charge is 2.12. The Morgan fingerprint density at radius 2 is 2.12 bits per heavy atom. The SMILES string of the molecule is COc1ccc(C(=O)NC(=S)Nc2nc3cc(Cl)c(C)cc3s2)cc1Br. The number of aryl methyl sites for hydroxylation is 1. The number of thiocarbonyl (C=S) groups is 1. The van der Waals surface area contributed by atoms with Gasteiger partial charge in [0, 0.05) is 10.6 Å². The summed E-state index contributed by atoms with van der Waals surface area (Å²) in [6, 6.07) is 8.81. The lowest BCUT2D eigenvalue weighted by Crippen LogP contribution is -2.34. The van der Waals surface area contributed by atoms with Crippen LogP contribution in [0, 0.1) is 6.92 Å². The minimum Gasteiger partial charge on any atom is -0.496 e. The lowest BCUT2D eigenvalue weighted by molar-refractivity contribution is 0.0977. The fraction of sp³-hybridized carbons (Fsp3) is 0.118. The molecule has 1 heterocycles. The van der Waals surface area contributed by atoms with Gasteiger partial charge in [-0.1, -0.05) is 22.9 Å². The largest absolute Gasteiger partial charge is 0.496 e. The number of nitrogens with zero attached hydrogens (tertiary/aromatic N) is 1. The molecule has 3 aromatic rings. The molecule has 2 aromatic carbocycles. The van der Waals surface area contributed by atoms with Gasteiger partial charge < -0.3 is 10.1 Å². The smallest absolute Gasteiger partial charge is 0.257 e. The van der Waals surface area contributed by atoms with E-state index in [9.17, 15) is 4.79 Å². The average molecular weight is 471 g/mol. The van der Waals surface area contributed by atoms with Crippen molar-refractivity contribution in [3.8, 4) is 5.75 Å². The first-order valence-electron chi connectivity index (χ1n) is 7.40. The van der Waals surface area contributed by atoms with Crippen LogP contribution in [0.25, 0.3) is 10.2 Å². The molecule has 1 aromatic heterocycles. The van der Waals surface area contributed by atoms with Gasteiger partial charge in [0.1, 0.15) is 5.75 Å². The molecule has 0 bridgehead atoms. The first kappa shape index (κ1) is 19.0. The van der Waals surface area contributed by atoms with Gasteiger partial charge in [0.25, 0.3) is 5.91 Å². The molecule has 0 saturated heterocycles. The van der Waals surface area contributed by atoms with Gasteiger partial charge in [-0.15, -0.1) is 0 Å². The maximum absolute atomic E-state index is 12.3. The number of carbonyl (C=O) groups is 1. The number of ether oxygens (including phenoxy) is 1. The molecule has 0 spiro atoms. The number of carbonyl (C=O) groups excluding carboxylic acids is 1. The van der Waals surface area contributed by atoms with Gasteiger partial charge in [0.05, 0.1) is 21.8 Å². The third kappa shape index (κ3) is 4.15. The molecule has 0 saturated carbocycles. The molecule has 0 fully saturated rings. The maximum Gasteiger partial charge on any atom is 0.257 e. The second-order valence-electron chi connectivity index (χ2n) is 5.35. The lowest BCUT2D eigenvalue weighted by atomic mass is 10.2. The molecule has 0 unspecified atom stereocenters. The molecule has 5 nitrogen and oxygen atoms in total. The number of aromatic nitrogens is 1. The van der Waals surface area contributed by atoms with Crippen molar-refractivity contribution in [3.63, 3.8) is 0 Å². The van der Waals surface area contributed by atoms with Crippen molar-refractivity contribution in [2.75, 3.05) is 12.4 Å². The van der Waals surface area contributed by atoms with Crippen molar-refractivity contribution in [3.05, 3.63) is 51.0 Å². The monoisotopic (exact) mass is 469 g/mol. The molecule has 0 radical (unpaired) electrons. The molecule has 2 N–H and O–H groups in total. The van der Waals surface area contributed by atoms with E-state index in [1.54, 1.807) is 25.3 Å². The van der Waals surface area contributed by atoms with Crippen LogP contribution < -0.4 is 15.4 Å². The molecule has 0 atom stereocenters. The van der Waals surface area contributed by atoms with Crippen LogP contribution in [0.1, 0.15) is 15.9 Å². The number of thiazole rings is 1. The Labute approximate surface area is 172 Å². The zero-order valence-corrected chi connectivity index (χ0v) is 17.7. The highest BCUT2D eigenvalue weighted by molar-refractivity contribution is 9.10. The maximum atomic E-state index is 12.3. The fourth-order valence-corrected chi connectivity index (χ4v) is 4.12. The van der Waals surface area contributed by atoms with E-state index in [2.05, 4.69) is 31.5 Å². The van der Waals surface area contributed by atoms with Crippen molar-refractivity contribution in [2.24, 2.45) is 0 Å². The van der Waals surface area contributed by atoms with Crippen LogP contribution in [-0.2, 0) is 0 Å². The van der Waals surface area contributed by atoms with Gasteiger partial charge in [-0.05, 0) is 71.0 Å². The van der Waals surface area contributed by atoms with Crippen LogP contribution >= 0.6 is 51.1 Å². The Morgan fingerprint density at radius 1 is 1.35 bits per heavy atom. The van der Waals surface area contributed by atoms with E-state index in [0.29, 0.717) is 25.9 Å². The molecule has 0 aliphatic heterocycles. The number of methoxy groups -OCH3 is 1. The summed E-state index contributed by atoms with van der Waals surface area (Å²) in [5.74, 6) is 0.316. The summed E-state index contributed by atoms with van der Waals surface area (Å²) in [6.45, 7) is 1.94. The van der Waals surface area contributed by atoms with Gasteiger partial charge >= 0.3 is 0 Å². The molecule has 9 heteroatoms. The number of hydrogen-bond acceptors (Lipinski definition) is 5. The number of hydrogen-bond donors (Lipinski definition) is 2. The van der Waals surface area contributed by atoms with E-state index in [0.717, 1.165) is 15.8 Å². The summed E-state index contributed by atoms with van der Waals surface area (Å²) in [6.07, 6.45) is 0. The minimum absolute atomic E-state index is 0.170. The van der Waals surface area contributed by atoms with Crippen LogP contribution in [-0.4, -0.2) is 23.1 Å². The molecule has 0 aliphatic carbocycles. The summed E-state index contributed by atoms with van der Waals surface area (Å²) in [4.78, 5) is 16.8. The highest BCUT2D eigenvalue weighted by Crippen LogP contribution is 2.30. The van der Waals surface area contributed by atoms with Crippen molar-refractivity contribution in [1.29, 1.82) is 0 Å². The molecular formula is C17H13BrClN3O2S2. The van der Waals surface area contributed by atoms with Gasteiger partial charge in [0.15, 0.2) is 10.2 Å². The summed E-state index contributed by atoms with van der Waals surface area (Å²) >= 11 is 16.1. The summed E-state index contributed by atoms with van der Waals surface area (Å²) in [7, 11) is 1.56. The van der Waals surface area contributed by atoms with Crippen LogP contribution in [0.15, 0.2) is 34.8 Å². The first-order valence-corrected chi connectivity index (χ1v) is 9.79. The Morgan fingerprint density at radius 3 is 2.81 bits per heavy atom. The van der Waals surface area contributed by atoms with E-state index < -0.39 is 0 Å². The Kier molecular flexibility index (Phi) is 5.76. The van der Waals surface area contributed by atoms with Gasteiger partial charge in [-0.25, -0.2) is 4.98 Å². The van der Waals surface area contributed by atoms with Crippen molar-refractivity contribution >= 4 is 77.5 Å². The average Bonchev–Trinajstić information content (AvgIpc) is 2.95. The Bertz CT molecular complexity index is 984. The van der Waals surface area contributed by atoms with Crippen LogP contribution in [0.3, 0.4) is 0 Å². The van der Waals surface area contributed by atoms with E-state index in [1.807, 2.05) is 19.1 Å². The zero-order chi connectivity index (χ0) is 18.8. The highest BCUT2D eigenvalue weighted by atomic mass is 79.9. The molecule has 3 rings (SSSR count). The van der Waals surface area contributed by atoms with Gasteiger partial charge in [-0.3, -0.25) is 10.1 Å². The first-order chi connectivity index (χ1) is 12.4. The molecule has 1 amide bonds. The lowest BCUT2D eigenvalue weighted by Gasteiger charge is -2.08. The normalized spacial score (nSPS) is 10.6.